The Bertz CT molecular complexity index is 474. The van der Waals surface area contributed by atoms with Gasteiger partial charge in [-0.2, -0.15) is 0 Å². The predicted molar refractivity (Wildman–Crippen MR) is 67.2 cm³/mol. The number of hydrogen-bond donors (Lipinski definition) is 0. The fourth-order valence-corrected chi connectivity index (χ4v) is 1.77. The Morgan fingerprint density at radius 3 is 2.32 bits per heavy atom. The van der Waals surface area contributed by atoms with Crippen LogP contribution in [0, 0.1) is 11.7 Å². The monoisotopic (exact) mass is 268 g/mol. The van der Waals surface area contributed by atoms with Crippen molar-refractivity contribution in [3.05, 3.63) is 35.6 Å². The van der Waals surface area contributed by atoms with E-state index in [9.17, 15) is 13.2 Å². The van der Waals surface area contributed by atoms with Crippen molar-refractivity contribution in [3.63, 3.8) is 0 Å². The molecular formula is C14H15F3N2. The molecule has 0 heterocycles. The minimum atomic E-state index is -2.51. The molecule has 1 fully saturated rings. The van der Waals surface area contributed by atoms with Crippen LogP contribution in [0.4, 0.5) is 13.2 Å². The number of nitrogens with zero attached hydrogens (tertiary/aromatic N) is 2. The van der Waals surface area contributed by atoms with E-state index in [4.69, 9.17) is 0 Å². The minimum absolute atomic E-state index is 0.158. The second kappa shape index (κ2) is 6.02. The van der Waals surface area contributed by atoms with Gasteiger partial charge in [-0.15, -0.1) is 0 Å². The van der Waals surface area contributed by atoms with Crippen molar-refractivity contribution in [2.24, 2.45) is 15.9 Å². The normalized spacial score (nSPS) is 17.7. The summed E-state index contributed by atoms with van der Waals surface area (Å²) < 4.78 is 37.4. The topological polar surface area (TPSA) is 24.7 Å². The molecule has 0 radical (unpaired) electrons. The average molecular weight is 268 g/mol. The Morgan fingerprint density at radius 1 is 1.16 bits per heavy atom. The van der Waals surface area contributed by atoms with Crippen LogP contribution < -0.4 is 0 Å². The van der Waals surface area contributed by atoms with Gasteiger partial charge in [-0.25, -0.2) is 23.2 Å². The number of halogens is 3. The second-order valence-corrected chi connectivity index (χ2v) is 4.77. The molecule has 2 nitrogen and oxygen atoms in total. The third kappa shape index (κ3) is 3.93. The van der Waals surface area contributed by atoms with Gasteiger partial charge in [0, 0.05) is 0 Å². The first-order valence-electron chi connectivity index (χ1n) is 6.26. The molecule has 2 rings (SSSR count). The summed E-state index contributed by atoms with van der Waals surface area (Å²) in [5.74, 6) is 0.0808. The molecule has 0 aliphatic heterocycles. The van der Waals surface area contributed by atoms with Crippen molar-refractivity contribution in [1.29, 1.82) is 0 Å². The van der Waals surface area contributed by atoms with Gasteiger partial charge in [0.25, 0.3) is 6.43 Å². The third-order valence-corrected chi connectivity index (χ3v) is 3.10. The molecule has 1 aromatic rings. The van der Waals surface area contributed by atoms with Crippen molar-refractivity contribution >= 4 is 6.01 Å². The van der Waals surface area contributed by atoms with E-state index >= 15 is 0 Å². The summed E-state index contributed by atoms with van der Waals surface area (Å²) in [6, 6.07) is 7.20. The molecule has 0 aromatic heterocycles. The first-order chi connectivity index (χ1) is 9.08. The summed E-state index contributed by atoms with van der Waals surface area (Å²) >= 11 is 0. The Hall–Kier alpha value is -1.61. The van der Waals surface area contributed by atoms with E-state index < -0.39 is 12.5 Å². The number of hydrogen-bond acceptors (Lipinski definition) is 2. The first-order valence-corrected chi connectivity index (χ1v) is 6.26. The molecule has 1 aliphatic rings. The summed E-state index contributed by atoms with van der Waals surface area (Å²) in [5.41, 5.74) is 0.872. The largest absolute Gasteiger partial charge is 0.261 e. The molecule has 0 N–H and O–H groups in total. The highest BCUT2D eigenvalue weighted by Gasteiger charge is 2.32. The first kappa shape index (κ1) is 13.8. The lowest BCUT2D eigenvalue weighted by atomic mass is 10.0. The summed E-state index contributed by atoms with van der Waals surface area (Å²) in [4.78, 5) is 7.71. The zero-order valence-corrected chi connectivity index (χ0v) is 10.6. The van der Waals surface area contributed by atoms with Crippen LogP contribution in [0.2, 0.25) is 0 Å². The minimum Gasteiger partial charge on any atom is -0.217 e. The lowest BCUT2D eigenvalue weighted by molar-refractivity contribution is 0.124. The smallest absolute Gasteiger partial charge is 0.217 e. The second-order valence-electron chi connectivity index (χ2n) is 4.77. The average Bonchev–Trinajstić information content (AvgIpc) is 3.20. The third-order valence-electron chi connectivity index (χ3n) is 3.10. The maximum Gasteiger partial charge on any atom is 0.261 e. The molecule has 0 spiro atoms. The molecule has 0 bridgehead atoms. The standard InChI is InChI=1S/C14H15F3N2/c1-9(14(16)17)18-8-19-13(10-2-3-10)11-4-6-12(15)7-5-11/h4-7,9-10,13-14H,2-3H2,1H3. The molecule has 0 amide bonds. The van der Waals surface area contributed by atoms with Gasteiger partial charge < -0.3 is 0 Å². The lowest BCUT2D eigenvalue weighted by Gasteiger charge is -2.09. The highest BCUT2D eigenvalue weighted by molar-refractivity contribution is 5.43. The van der Waals surface area contributed by atoms with Crippen molar-refractivity contribution < 1.29 is 13.2 Å². The quantitative estimate of drug-likeness (QED) is 0.718. The van der Waals surface area contributed by atoms with Gasteiger partial charge >= 0.3 is 0 Å². The van der Waals surface area contributed by atoms with Crippen molar-refractivity contribution in [2.45, 2.75) is 38.3 Å². The van der Waals surface area contributed by atoms with E-state index in [1.807, 2.05) is 0 Å². The van der Waals surface area contributed by atoms with Gasteiger partial charge in [-0.05, 0) is 43.4 Å². The molecular weight excluding hydrogens is 253 g/mol. The zero-order valence-electron chi connectivity index (χ0n) is 10.6. The van der Waals surface area contributed by atoms with Gasteiger partial charge in [0.15, 0.2) is 0 Å². The summed E-state index contributed by atoms with van der Waals surface area (Å²) in [6.45, 7) is 1.32. The van der Waals surface area contributed by atoms with Crippen LogP contribution in [0.25, 0.3) is 0 Å². The van der Waals surface area contributed by atoms with E-state index in [-0.39, 0.29) is 11.9 Å². The van der Waals surface area contributed by atoms with E-state index in [1.54, 1.807) is 12.1 Å². The van der Waals surface area contributed by atoms with Crippen molar-refractivity contribution in [2.75, 3.05) is 0 Å². The van der Waals surface area contributed by atoms with E-state index in [0.29, 0.717) is 5.92 Å². The number of rotatable bonds is 5. The molecule has 2 unspecified atom stereocenters. The van der Waals surface area contributed by atoms with Gasteiger partial charge in [0.2, 0.25) is 0 Å². The van der Waals surface area contributed by atoms with E-state index in [1.165, 1.54) is 19.1 Å². The number of benzene rings is 1. The van der Waals surface area contributed by atoms with Crippen molar-refractivity contribution in [1.82, 2.24) is 0 Å². The van der Waals surface area contributed by atoms with Crippen LogP contribution in [0.1, 0.15) is 31.4 Å². The van der Waals surface area contributed by atoms with Gasteiger partial charge in [0.1, 0.15) is 11.9 Å². The Kier molecular flexibility index (Phi) is 4.38. The summed E-state index contributed by atoms with van der Waals surface area (Å²) in [7, 11) is 0. The summed E-state index contributed by atoms with van der Waals surface area (Å²) in [6.07, 6.45) is -0.428. The lowest BCUT2D eigenvalue weighted by Crippen LogP contribution is -2.09. The molecule has 1 aliphatic carbocycles. The molecule has 5 heteroatoms. The van der Waals surface area contributed by atoms with Crippen LogP contribution in [-0.2, 0) is 0 Å². The van der Waals surface area contributed by atoms with Crippen LogP contribution in [0.5, 0.6) is 0 Å². The number of alkyl halides is 2. The zero-order chi connectivity index (χ0) is 13.8. The highest BCUT2D eigenvalue weighted by atomic mass is 19.3. The fraction of sp³-hybridized carbons (Fsp3) is 0.500. The maximum atomic E-state index is 12.9. The highest BCUT2D eigenvalue weighted by Crippen LogP contribution is 2.43. The van der Waals surface area contributed by atoms with Crippen molar-refractivity contribution in [3.8, 4) is 0 Å². The molecule has 1 saturated carbocycles. The van der Waals surface area contributed by atoms with Gasteiger partial charge in [-0.3, -0.25) is 0 Å². The fourth-order valence-electron chi connectivity index (χ4n) is 1.77. The number of aliphatic imine (C=N–C) groups is 2. The molecule has 1 aromatic carbocycles. The van der Waals surface area contributed by atoms with E-state index in [0.717, 1.165) is 18.4 Å². The SMILES string of the molecule is CC(N=C=NC(c1ccc(F)cc1)C1CC1)C(F)F. The molecule has 2 atom stereocenters. The molecule has 102 valence electrons. The maximum absolute atomic E-state index is 12.9. The molecule has 0 saturated heterocycles. The summed E-state index contributed by atoms with van der Waals surface area (Å²) in [5, 5.41) is 0. The van der Waals surface area contributed by atoms with Crippen LogP contribution in [0.3, 0.4) is 0 Å². The predicted octanol–water partition coefficient (Wildman–Crippen LogP) is 4.10. The Balaban J connectivity index is 2.13. The van der Waals surface area contributed by atoms with Gasteiger partial charge in [0.05, 0.1) is 12.1 Å². The van der Waals surface area contributed by atoms with Crippen LogP contribution >= 0.6 is 0 Å². The van der Waals surface area contributed by atoms with Gasteiger partial charge in [-0.1, -0.05) is 12.1 Å². The Labute approximate surface area is 110 Å². The van der Waals surface area contributed by atoms with E-state index in [2.05, 4.69) is 16.0 Å². The van der Waals surface area contributed by atoms with Crippen LogP contribution in [-0.4, -0.2) is 18.5 Å². The molecule has 19 heavy (non-hydrogen) atoms. The van der Waals surface area contributed by atoms with Crippen LogP contribution in [0.15, 0.2) is 34.3 Å². The Morgan fingerprint density at radius 2 is 1.79 bits per heavy atom.